The monoisotopic (exact) mass is 243 g/mol. The van der Waals surface area contributed by atoms with Gasteiger partial charge < -0.3 is 10.1 Å². The summed E-state index contributed by atoms with van der Waals surface area (Å²) in [7, 11) is 0. The molecule has 0 aliphatic carbocycles. The number of halogens is 2. The van der Waals surface area contributed by atoms with Gasteiger partial charge in [-0.3, -0.25) is 0 Å². The molecular weight excluding hydrogens is 229 g/mol. The molecule has 88 valence electrons. The topological polar surface area (TPSA) is 21.3 Å². The number of nitrogens with one attached hydrogen (secondary N) is 1. The predicted molar refractivity (Wildman–Crippen MR) is 62.5 cm³/mol. The van der Waals surface area contributed by atoms with Crippen LogP contribution in [-0.2, 0) is 0 Å². The minimum Gasteiger partial charge on any atom is -0.487 e. The molecule has 0 amide bonds. The Morgan fingerprint density at radius 3 is 2.69 bits per heavy atom. The van der Waals surface area contributed by atoms with Crippen molar-refractivity contribution in [1.82, 2.24) is 5.32 Å². The second-order valence-corrected chi connectivity index (χ2v) is 4.79. The van der Waals surface area contributed by atoms with Crippen LogP contribution in [0.1, 0.15) is 19.8 Å². The van der Waals surface area contributed by atoms with Crippen molar-refractivity contribution in [3.8, 4) is 5.75 Å². The summed E-state index contributed by atoms with van der Waals surface area (Å²) in [5, 5.41) is 3.39. The van der Waals surface area contributed by atoms with Crippen LogP contribution in [0.2, 0.25) is 5.02 Å². The number of ether oxygens (including phenoxy) is 1. The van der Waals surface area contributed by atoms with Crippen molar-refractivity contribution in [3.05, 3.63) is 29.0 Å². The third kappa shape index (κ3) is 2.66. The molecule has 1 fully saturated rings. The minimum absolute atomic E-state index is 0.107. The number of hydrogen-bond acceptors (Lipinski definition) is 2. The smallest absolute Gasteiger partial charge is 0.142 e. The van der Waals surface area contributed by atoms with Gasteiger partial charge in [-0.25, -0.2) is 4.39 Å². The second kappa shape index (κ2) is 4.60. The lowest BCUT2D eigenvalue weighted by Crippen LogP contribution is -2.43. The van der Waals surface area contributed by atoms with Crippen LogP contribution in [0.3, 0.4) is 0 Å². The van der Waals surface area contributed by atoms with Crippen LogP contribution < -0.4 is 10.1 Å². The van der Waals surface area contributed by atoms with Crippen molar-refractivity contribution < 1.29 is 9.13 Å². The Morgan fingerprint density at radius 2 is 2.06 bits per heavy atom. The van der Waals surface area contributed by atoms with Gasteiger partial charge in [0.15, 0.2) is 0 Å². The van der Waals surface area contributed by atoms with E-state index in [0.717, 1.165) is 25.9 Å². The number of hydrogen-bond donors (Lipinski definition) is 1. The molecule has 2 rings (SSSR count). The van der Waals surface area contributed by atoms with Gasteiger partial charge in [-0.05, 0) is 45.0 Å². The lowest BCUT2D eigenvalue weighted by atomic mass is 9.94. The van der Waals surface area contributed by atoms with E-state index in [9.17, 15) is 4.39 Å². The molecule has 0 spiro atoms. The third-order valence-corrected chi connectivity index (χ3v) is 3.21. The van der Waals surface area contributed by atoms with E-state index in [2.05, 4.69) is 12.2 Å². The summed E-state index contributed by atoms with van der Waals surface area (Å²) in [5.41, 5.74) is -0.174. The van der Waals surface area contributed by atoms with Crippen LogP contribution in [0.4, 0.5) is 4.39 Å². The van der Waals surface area contributed by atoms with Gasteiger partial charge >= 0.3 is 0 Å². The zero-order chi connectivity index (χ0) is 11.6. The average Bonchev–Trinajstić information content (AvgIpc) is 2.24. The Balaban J connectivity index is 2.10. The van der Waals surface area contributed by atoms with Gasteiger partial charge in [0.25, 0.3) is 0 Å². The quantitative estimate of drug-likeness (QED) is 0.862. The fourth-order valence-electron chi connectivity index (χ4n) is 1.88. The van der Waals surface area contributed by atoms with Gasteiger partial charge in [-0.15, -0.1) is 0 Å². The molecule has 0 aromatic heterocycles. The van der Waals surface area contributed by atoms with Gasteiger partial charge in [-0.2, -0.15) is 0 Å². The summed E-state index contributed by atoms with van der Waals surface area (Å²) in [6.45, 7) is 3.97. The Bertz CT molecular complexity index is 377. The predicted octanol–water partition coefficient (Wildman–Crippen LogP) is 3.00. The zero-order valence-corrected chi connectivity index (χ0v) is 9.98. The van der Waals surface area contributed by atoms with Crippen LogP contribution in [0.5, 0.6) is 5.75 Å². The molecule has 0 saturated carbocycles. The molecule has 4 heteroatoms. The molecule has 16 heavy (non-hydrogen) atoms. The van der Waals surface area contributed by atoms with Crippen molar-refractivity contribution in [2.24, 2.45) is 0 Å². The standard InChI is InChI=1S/C12H15ClFNO/c1-12(4-6-15-7-5-12)16-9-2-3-11(14)10(13)8-9/h2-3,8,15H,4-7H2,1H3. The van der Waals surface area contributed by atoms with Crippen molar-refractivity contribution in [3.63, 3.8) is 0 Å². The van der Waals surface area contributed by atoms with Crippen LogP contribution in [0.15, 0.2) is 18.2 Å². The van der Waals surface area contributed by atoms with E-state index in [0.29, 0.717) is 5.75 Å². The van der Waals surface area contributed by atoms with Crippen LogP contribution in [-0.4, -0.2) is 18.7 Å². The maximum atomic E-state index is 13.0. The number of benzene rings is 1. The summed E-state index contributed by atoms with van der Waals surface area (Å²) < 4.78 is 18.9. The van der Waals surface area contributed by atoms with E-state index in [-0.39, 0.29) is 10.6 Å². The Hall–Kier alpha value is -0.800. The first kappa shape index (κ1) is 11.7. The lowest BCUT2D eigenvalue weighted by Gasteiger charge is -2.34. The summed E-state index contributed by atoms with van der Waals surface area (Å²) in [5.74, 6) is 0.222. The molecule has 0 unspecified atom stereocenters. The molecule has 1 aliphatic rings. The zero-order valence-electron chi connectivity index (χ0n) is 9.22. The summed E-state index contributed by atoms with van der Waals surface area (Å²) in [6.07, 6.45) is 1.89. The van der Waals surface area contributed by atoms with E-state index in [1.54, 1.807) is 6.07 Å². The molecule has 1 heterocycles. The highest BCUT2D eigenvalue weighted by Crippen LogP contribution is 2.28. The van der Waals surface area contributed by atoms with Gasteiger partial charge in [0.2, 0.25) is 0 Å². The van der Waals surface area contributed by atoms with E-state index < -0.39 is 5.82 Å². The van der Waals surface area contributed by atoms with Crippen LogP contribution in [0.25, 0.3) is 0 Å². The minimum atomic E-state index is -0.413. The molecule has 1 N–H and O–H groups in total. The van der Waals surface area contributed by atoms with E-state index in [1.165, 1.54) is 12.1 Å². The number of piperidine rings is 1. The van der Waals surface area contributed by atoms with Crippen molar-refractivity contribution in [2.45, 2.75) is 25.4 Å². The van der Waals surface area contributed by atoms with Gasteiger partial charge in [0.1, 0.15) is 17.2 Å². The third-order valence-electron chi connectivity index (χ3n) is 2.92. The number of rotatable bonds is 2. The second-order valence-electron chi connectivity index (χ2n) is 4.38. The van der Waals surface area contributed by atoms with Gasteiger partial charge in [0.05, 0.1) is 5.02 Å². The summed E-state index contributed by atoms with van der Waals surface area (Å²) in [6, 6.07) is 4.49. The SMILES string of the molecule is CC1(Oc2ccc(F)c(Cl)c2)CCNCC1. The molecule has 0 atom stereocenters. The largest absolute Gasteiger partial charge is 0.487 e. The molecule has 1 aromatic carbocycles. The van der Waals surface area contributed by atoms with Crippen molar-refractivity contribution in [2.75, 3.05) is 13.1 Å². The average molecular weight is 244 g/mol. The summed E-state index contributed by atoms with van der Waals surface area (Å²) in [4.78, 5) is 0. The fraction of sp³-hybridized carbons (Fsp3) is 0.500. The Morgan fingerprint density at radius 1 is 1.38 bits per heavy atom. The molecule has 2 nitrogen and oxygen atoms in total. The van der Waals surface area contributed by atoms with E-state index in [4.69, 9.17) is 16.3 Å². The van der Waals surface area contributed by atoms with Crippen molar-refractivity contribution >= 4 is 11.6 Å². The molecule has 0 bridgehead atoms. The lowest BCUT2D eigenvalue weighted by molar-refractivity contribution is 0.0555. The molecule has 1 saturated heterocycles. The van der Waals surface area contributed by atoms with E-state index >= 15 is 0 Å². The van der Waals surface area contributed by atoms with Crippen LogP contribution in [0, 0.1) is 5.82 Å². The highest BCUT2D eigenvalue weighted by Gasteiger charge is 2.28. The van der Waals surface area contributed by atoms with Crippen LogP contribution >= 0.6 is 11.6 Å². The first-order chi connectivity index (χ1) is 7.59. The maximum Gasteiger partial charge on any atom is 0.142 e. The first-order valence-electron chi connectivity index (χ1n) is 5.44. The fourth-order valence-corrected chi connectivity index (χ4v) is 2.05. The Kier molecular flexibility index (Phi) is 3.36. The normalized spacial score (nSPS) is 19.4. The van der Waals surface area contributed by atoms with Gasteiger partial charge in [-0.1, -0.05) is 11.6 Å². The van der Waals surface area contributed by atoms with Gasteiger partial charge in [0, 0.05) is 6.07 Å². The first-order valence-corrected chi connectivity index (χ1v) is 5.82. The molecule has 1 aliphatic heterocycles. The highest BCUT2D eigenvalue weighted by atomic mass is 35.5. The highest BCUT2D eigenvalue weighted by molar-refractivity contribution is 6.30. The van der Waals surface area contributed by atoms with Crippen molar-refractivity contribution in [1.29, 1.82) is 0 Å². The Labute approximate surface area is 99.7 Å². The molecule has 1 aromatic rings. The maximum absolute atomic E-state index is 13.0. The van der Waals surface area contributed by atoms with E-state index in [1.807, 2.05) is 0 Å². The summed E-state index contributed by atoms with van der Waals surface area (Å²) >= 11 is 5.71. The molecule has 0 radical (unpaired) electrons. The molecular formula is C12H15ClFNO.